The summed E-state index contributed by atoms with van der Waals surface area (Å²) in [5.74, 6) is -0.0797. The van der Waals surface area contributed by atoms with E-state index in [1.54, 1.807) is 11.8 Å². The molecule has 4 heteroatoms. The lowest BCUT2D eigenvalue weighted by atomic mass is 9.91. The minimum atomic E-state index is -0.729. The first-order chi connectivity index (χ1) is 8.10. The van der Waals surface area contributed by atoms with Crippen LogP contribution in [0, 0.1) is 5.92 Å². The Labute approximate surface area is 110 Å². The molecule has 17 heavy (non-hydrogen) atoms. The fraction of sp³-hybridized carbons (Fsp3) is 0.462. The summed E-state index contributed by atoms with van der Waals surface area (Å²) < 4.78 is 0. The molecule has 1 aliphatic rings. The summed E-state index contributed by atoms with van der Waals surface area (Å²) >= 11 is 7.71. The highest BCUT2D eigenvalue weighted by Gasteiger charge is 2.33. The Morgan fingerprint density at radius 3 is 2.76 bits per heavy atom. The standard InChI is InChI=1S/C13H15ClO2S/c1-17-11-5-9(4-10(14)6-11)12(7-13(15)16)8-2-3-8/h4-6,8,12H,2-3,7H2,1H3,(H,15,16). The quantitative estimate of drug-likeness (QED) is 0.821. The van der Waals surface area contributed by atoms with Crippen molar-refractivity contribution in [2.75, 3.05) is 6.26 Å². The van der Waals surface area contributed by atoms with Crippen LogP contribution < -0.4 is 0 Å². The van der Waals surface area contributed by atoms with Crippen molar-refractivity contribution >= 4 is 29.3 Å². The molecule has 2 rings (SSSR count). The first kappa shape index (κ1) is 12.8. The Hall–Kier alpha value is -0.670. The topological polar surface area (TPSA) is 37.3 Å². The lowest BCUT2D eigenvalue weighted by Crippen LogP contribution is -2.08. The van der Waals surface area contributed by atoms with Crippen LogP contribution in [0.25, 0.3) is 0 Å². The number of hydrogen-bond donors (Lipinski definition) is 1. The number of halogens is 1. The summed E-state index contributed by atoms with van der Waals surface area (Å²) in [6, 6.07) is 5.90. The lowest BCUT2D eigenvalue weighted by molar-refractivity contribution is -0.137. The normalized spacial score (nSPS) is 16.8. The summed E-state index contributed by atoms with van der Waals surface area (Å²) in [5.41, 5.74) is 1.08. The van der Waals surface area contributed by atoms with Gasteiger partial charge in [-0.1, -0.05) is 11.6 Å². The van der Waals surface area contributed by atoms with E-state index in [1.807, 2.05) is 18.4 Å². The summed E-state index contributed by atoms with van der Waals surface area (Å²) in [4.78, 5) is 12.0. The smallest absolute Gasteiger partial charge is 0.303 e. The average Bonchev–Trinajstić information content (AvgIpc) is 3.08. The number of thioether (sulfide) groups is 1. The minimum Gasteiger partial charge on any atom is -0.481 e. The molecule has 1 aliphatic carbocycles. The molecule has 92 valence electrons. The second kappa shape index (κ2) is 5.32. The molecule has 2 nitrogen and oxygen atoms in total. The van der Waals surface area contributed by atoms with Crippen LogP contribution in [0.1, 0.15) is 30.7 Å². The zero-order valence-electron chi connectivity index (χ0n) is 9.65. The zero-order chi connectivity index (χ0) is 12.4. The van der Waals surface area contributed by atoms with E-state index in [9.17, 15) is 4.79 Å². The molecule has 1 saturated carbocycles. The molecule has 1 N–H and O–H groups in total. The van der Waals surface area contributed by atoms with E-state index in [0.717, 1.165) is 23.3 Å². The monoisotopic (exact) mass is 270 g/mol. The van der Waals surface area contributed by atoms with Crippen LogP contribution >= 0.6 is 23.4 Å². The third kappa shape index (κ3) is 3.39. The Morgan fingerprint density at radius 1 is 1.53 bits per heavy atom. The van der Waals surface area contributed by atoms with E-state index in [-0.39, 0.29) is 12.3 Å². The predicted molar refractivity (Wildman–Crippen MR) is 71.0 cm³/mol. The second-order valence-corrected chi connectivity index (χ2v) is 5.78. The van der Waals surface area contributed by atoms with Gasteiger partial charge in [-0.15, -0.1) is 11.8 Å². The molecule has 1 aromatic carbocycles. The van der Waals surface area contributed by atoms with Crippen LogP contribution in [0.4, 0.5) is 0 Å². The summed E-state index contributed by atoms with van der Waals surface area (Å²) in [5, 5.41) is 9.68. The maximum absolute atomic E-state index is 10.9. The van der Waals surface area contributed by atoms with Crippen molar-refractivity contribution in [1.82, 2.24) is 0 Å². The molecule has 1 aromatic rings. The summed E-state index contributed by atoms with van der Waals surface area (Å²) in [6.07, 6.45) is 4.48. The van der Waals surface area contributed by atoms with Gasteiger partial charge in [0.15, 0.2) is 0 Å². The second-order valence-electron chi connectivity index (χ2n) is 4.47. The van der Waals surface area contributed by atoms with Crippen LogP contribution in [-0.2, 0) is 4.79 Å². The Kier molecular flexibility index (Phi) is 4.00. The van der Waals surface area contributed by atoms with Crippen molar-refractivity contribution in [2.45, 2.75) is 30.1 Å². The van der Waals surface area contributed by atoms with Gasteiger partial charge < -0.3 is 5.11 Å². The number of rotatable bonds is 5. The Morgan fingerprint density at radius 2 is 2.24 bits per heavy atom. The number of carbonyl (C=O) groups is 1. The highest BCUT2D eigenvalue weighted by atomic mass is 35.5. The maximum atomic E-state index is 10.9. The van der Waals surface area contributed by atoms with Gasteiger partial charge in [-0.25, -0.2) is 0 Å². The van der Waals surface area contributed by atoms with Crippen molar-refractivity contribution in [3.05, 3.63) is 28.8 Å². The average molecular weight is 271 g/mol. The molecule has 1 atom stereocenters. The molecular weight excluding hydrogens is 256 g/mol. The van der Waals surface area contributed by atoms with Gasteiger partial charge in [0.1, 0.15) is 0 Å². The number of benzene rings is 1. The fourth-order valence-electron chi connectivity index (χ4n) is 2.16. The molecule has 0 spiro atoms. The summed E-state index contributed by atoms with van der Waals surface area (Å²) in [6.45, 7) is 0. The van der Waals surface area contributed by atoms with Crippen molar-refractivity contribution in [3.8, 4) is 0 Å². The van der Waals surface area contributed by atoms with Crippen molar-refractivity contribution < 1.29 is 9.90 Å². The van der Waals surface area contributed by atoms with Gasteiger partial charge in [0.05, 0.1) is 6.42 Å². The van der Waals surface area contributed by atoms with Crippen LogP contribution in [0.3, 0.4) is 0 Å². The Balaban J connectivity index is 2.28. The van der Waals surface area contributed by atoms with Gasteiger partial charge in [-0.05, 0) is 54.7 Å². The lowest BCUT2D eigenvalue weighted by Gasteiger charge is -2.15. The van der Waals surface area contributed by atoms with E-state index < -0.39 is 5.97 Å². The van der Waals surface area contributed by atoms with Gasteiger partial charge in [0.25, 0.3) is 0 Å². The zero-order valence-corrected chi connectivity index (χ0v) is 11.2. The number of carboxylic acid groups (broad SMARTS) is 1. The van der Waals surface area contributed by atoms with Gasteiger partial charge >= 0.3 is 5.97 Å². The van der Waals surface area contributed by atoms with Crippen LogP contribution in [0.15, 0.2) is 23.1 Å². The third-order valence-corrected chi connectivity index (χ3v) is 4.07. The molecule has 0 aliphatic heterocycles. The van der Waals surface area contributed by atoms with Gasteiger partial charge in [-0.2, -0.15) is 0 Å². The first-order valence-corrected chi connectivity index (χ1v) is 7.26. The van der Waals surface area contributed by atoms with E-state index in [2.05, 4.69) is 6.07 Å². The molecule has 0 amide bonds. The summed E-state index contributed by atoms with van der Waals surface area (Å²) in [7, 11) is 0. The van der Waals surface area contributed by atoms with Crippen LogP contribution in [0.2, 0.25) is 5.02 Å². The molecule has 0 saturated heterocycles. The SMILES string of the molecule is CSc1cc(Cl)cc(C(CC(=O)O)C2CC2)c1. The van der Waals surface area contributed by atoms with Crippen LogP contribution in [0.5, 0.6) is 0 Å². The highest BCUT2D eigenvalue weighted by Crippen LogP contribution is 2.45. The van der Waals surface area contributed by atoms with E-state index >= 15 is 0 Å². The van der Waals surface area contributed by atoms with Gasteiger partial charge in [0, 0.05) is 9.92 Å². The fourth-order valence-corrected chi connectivity index (χ4v) is 2.97. The Bertz CT molecular complexity index is 429. The minimum absolute atomic E-state index is 0.122. The van der Waals surface area contributed by atoms with E-state index in [1.165, 1.54) is 0 Å². The number of carboxylic acids is 1. The van der Waals surface area contributed by atoms with Crippen LogP contribution in [-0.4, -0.2) is 17.3 Å². The van der Waals surface area contributed by atoms with Gasteiger partial charge in [0.2, 0.25) is 0 Å². The number of aliphatic carboxylic acids is 1. The molecule has 1 unspecified atom stereocenters. The van der Waals surface area contributed by atoms with E-state index in [4.69, 9.17) is 16.7 Å². The third-order valence-electron chi connectivity index (χ3n) is 3.14. The van der Waals surface area contributed by atoms with Crippen molar-refractivity contribution in [1.29, 1.82) is 0 Å². The largest absolute Gasteiger partial charge is 0.481 e. The number of hydrogen-bond acceptors (Lipinski definition) is 2. The molecule has 0 heterocycles. The van der Waals surface area contributed by atoms with Crippen molar-refractivity contribution in [2.24, 2.45) is 5.92 Å². The van der Waals surface area contributed by atoms with Crippen molar-refractivity contribution in [3.63, 3.8) is 0 Å². The molecular formula is C13H15ClO2S. The molecule has 0 radical (unpaired) electrons. The highest BCUT2D eigenvalue weighted by molar-refractivity contribution is 7.98. The molecule has 0 aromatic heterocycles. The molecule has 0 bridgehead atoms. The molecule has 1 fully saturated rings. The maximum Gasteiger partial charge on any atom is 0.303 e. The van der Waals surface area contributed by atoms with Gasteiger partial charge in [-0.3, -0.25) is 4.79 Å². The predicted octanol–water partition coefficient (Wildman–Crippen LogP) is 4.03. The first-order valence-electron chi connectivity index (χ1n) is 5.66. The van der Waals surface area contributed by atoms with E-state index in [0.29, 0.717) is 10.9 Å².